The third kappa shape index (κ3) is 4.69. The van der Waals surface area contributed by atoms with Crippen molar-refractivity contribution in [3.8, 4) is 0 Å². The van der Waals surface area contributed by atoms with E-state index in [1.807, 2.05) is 12.1 Å². The predicted octanol–water partition coefficient (Wildman–Crippen LogP) is 2.73. The van der Waals surface area contributed by atoms with E-state index in [1.165, 1.54) is 11.3 Å². The molecule has 0 heterocycles. The summed E-state index contributed by atoms with van der Waals surface area (Å²) < 4.78 is 0. The van der Waals surface area contributed by atoms with Crippen LogP contribution in [0.15, 0.2) is 36.9 Å². The first-order chi connectivity index (χ1) is 9.24. The molecule has 3 heteroatoms. The molecule has 0 bridgehead atoms. The van der Waals surface area contributed by atoms with Crippen LogP contribution in [0.3, 0.4) is 0 Å². The summed E-state index contributed by atoms with van der Waals surface area (Å²) in [5.41, 5.74) is 2.44. The highest BCUT2D eigenvalue weighted by Crippen LogP contribution is 2.26. The second-order valence-electron chi connectivity index (χ2n) is 4.69. The summed E-state index contributed by atoms with van der Waals surface area (Å²) in [5, 5.41) is 12.7. The van der Waals surface area contributed by atoms with E-state index in [-0.39, 0.29) is 6.61 Å². The van der Waals surface area contributed by atoms with Crippen molar-refractivity contribution in [2.75, 3.05) is 31.1 Å². The highest BCUT2D eigenvalue weighted by molar-refractivity contribution is 5.55. The molecule has 0 aliphatic rings. The molecule has 0 spiro atoms. The van der Waals surface area contributed by atoms with Crippen molar-refractivity contribution in [3.05, 3.63) is 42.5 Å². The topological polar surface area (TPSA) is 35.5 Å². The molecule has 1 unspecified atom stereocenters. The fourth-order valence-electron chi connectivity index (χ4n) is 2.20. The minimum Gasteiger partial charge on any atom is -0.395 e. The van der Waals surface area contributed by atoms with Crippen LogP contribution in [0.25, 0.3) is 0 Å². The van der Waals surface area contributed by atoms with Gasteiger partial charge in [-0.15, -0.1) is 6.58 Å². The maximum atomic E-state index is 9.20. The predicted molar refractivity (Wildman–Crippen MR) is 82.6 cm³/mol. The monoisotopic (exact) mass is 262 g/mol. The molecular weight excluding hydrogens is 236 g/mol. The van der Waals surface area contributed by atoms with Crippen molar-refractivity contribution in [2.45, 2.75) is 26.3 Å². The number of anilines is 1. The summed E-state index contributed by atoms with van der Waals surface area (Å²) in [7, 11) is 0. The number of benzene rings is 1. The zero-order chi connectivity index (χ0) is 14.1. The normalized spacial score (nSPS) is 12.2. The van der Waals surface area contributed by atoms with Gasteiger partial charge in [0, 0.05) is 24.8 Å². The van der Waals surface area contributed by atoms with Gasteiger partial charge >= 0.3 is 0 Å². The molecule has 3 nitrogen and oxygen atoms in total. The van der Waals surface area contributed by atoms with Crippen LogP contribution in [0.5, 0.6) is 0 Å². The first-order valence-electron chi connectivity index (χ1n) is 7.03. The Morgan fingerprint density at radius 3 is 2.79 bits per heavy atom. The number of aliphatic hydroxyl groups excluding tert-OH is 1. The van der Waals surface area contributed by atoms with Gasteiger partial charge in [-0.25, -0.2) is 0 Å². The molecule has 0 radical (unpaired) electrons. The Kier molecular flexibility index (Phi) is 7.23. The maximum Gasteiger partial charge on any atom is 0.0606 e. The molecule has 0 aliphatic carbocycles. The first-order valence-corrected chi connectivity index (χ1v) is 7.03. The smallest absolute Gasteiger partial charge is 0.0606 e. The van der Waals surface area contributed by atoms with Gasteiger partial charge in [0.2, 0.25) is 0 Å². The third-order valence-electron chi connectivity index (χ3n) is 3.16. The van der Waals surface area contributed by atoms with Crippen LogP contribution in [0.1, 0.15) is 31.9 Å². The van der Waals surface area contributed by atoms with Crippen molar-refractivity contribution in [1.29, 1.82) is 0 Å². The van der Waals surface area contributed by atoms with E-state index >= 15 is 0 Å². The number of nitrogens with zero attached hydrogens (tertiary/aromatic N) is 1. The van der Waals surface area contributed by atoms with Crippen LogP contribution in [0, 0.1) is 0 Å². The minimum atomic E-state index is 0.152. The molecule has 0 amide bonds. The number of nitrogens with one attached hydrogen (secondary N) is 1. The summed E-state index contributed by atoms with van der Waals surface area (Å²) in [6.07, 6.45) is 3.00. The summed E-state index contributed by atoms with van der Waals surface area (Å²) in [5.74, 6) is 0. The van der Waals surface area contributed by atoms with Gasteiger partial charge in [-0.05, 0) is 31.5 Å². The van der Waals surface area contributed by atoms with Gasteiger partial charge in [0.25, 0.3) is 0 Å². The quantitative estimate of drug-likeness (QED) is 0.672. The van der Waals surface area contributed by atoms with Crippen LogP contribution in [0.2, 0.25) is 0 Å². The Bertz CT molecular complexity index is 379. The molecule has 1 atom stereocenters. The molecule has 0 fully saturated rings. The highest BCUT2D eigenvalue weighted by atomic mass is 16.3. The molecule has 1 rings (SSSR count). The molecule has 1 aromatic carbocycles. The average Bonchev–Trinajstić information content (AvgIpc) is 2.44. The third-order valence-corrected chi connectivity index (χ3v) is 3.16. The van der Waals surface area contributed by atoms with Crippen molar-refractivity contribution in [2.24, 2.45) is 0 Å². The Morgan fingerprint density at radius 2 is 2.16 bits per heavy atom. The second kappa shape index (κ2) is 8.73. The second-order valence-corrected chi connectivity index (χ2v) is 4.69. The minimum absolute atomic E-state index is 0.152. The number of aliphatic hydroxyl groups is 1. The van der Waals surface area contributed by atoms with Gasteiger partial charge in [0.15, 0.2) is 0 Å². The van der Waals surface area contributed by atoms with Gasteiger partial charge in [-0.3, -0.25) is 0 Å². The molecule has 19 heavy (non-hydrogen) atoms. The lowest BCUT2D eigenvalue weighted by atomic mass is 10.0. The highest BCUT2D eigenvalue weighted by Gasteiger charge is 2.13. The fraction of sp³-hybridized carbons (Fsp3) is 0.500. The van der Waals surface area contributed by atoms with Crippen LogP contribution >= 0.6 is 0 Å². The van der Waals surface area contributed by atoms with Crippen LogP contribution in [-0.2, 0) is 0 Å². The van der Waals surface area contributed by atoms with E-state index in [0.29, 0.717) is 12.6 Å². The first kappa shape index (κ1) is 15.7. The molecule has 0 saturated heterocycles. The van der Waals surface area contributed by atoms with Crippen molar-refractivity contribution < 1.29 is 5.11 Å². The molecular formula is C16H26N2O. The summed E-state index contributed by atoms with van der Waals surface area (Å²) in [4.78, 5) is 2.16. The fourth-order valence-corrected chi connectivity index (χ4v) is 2.20. The SMILES string of the molecule is C=CCN(CCO)c1ccccc1C(C)NCCC. The zero-order valence-corrected chi connectivity index (χ0v) is 12.1. The van der Waals surface area contributed by atoms with Crippen LogP contribution in [-0.4, -0.2) is 31.3 Å². The number of para-hydroxylation sites is 1. The number of rotatable bonds is 9. The largest absolute Gasteiger partial charge is 0.395 e. The Balaban J connectivity index is 2.94. The van der Waals surface area contributed by atoms with Gasteiger partial charge in [0.1, 0.15) is 0 Å². The molecule has 1 aromatic rings. The summed E-state index contributed by atoms with van der Waals surface area (Å²) in [6, 6.07) is 8.67. The number of hydrogen-bond acceptors (Lipinski definition) is 3. The lowest BCUT2D eigenvalue weighted by Gasteiger charge is -2.27. The van der Waals surface area contributed by atoms with Crippen molar-refractivity contribution in [1.82, 2.24) is 5.32 Å². The van der Waals surface area contributed by atoms with Gasteiger partial charge in [-0.1, -0.05) is 31.2 Å². The lowest BCUT2D eigenvalue weighted by molar-refractivity contribution is 0.303. The molecule has 0 saturated carbocycles. The molecule has 0 aromatic heterocycles. The maximum absolute atomic E-state index is 9.20. The van der Waals surface area contributed by atoms with Gasteiger partial charge in [-0.2, -0.15) is 0 Å². The summed E-state index contributed by atoms with van der Waals surface area (Å²) >= 11 is 0. The van der Waals surface area contributed by atoms with E-state index < -0.39 is 0 Å². The van der Waals surface area contributed by atoms with Gasteiger partial charge in [0.05, 0.1) is 6.61 Å². The van der Waals surface area contributed by atoms with Crippen molar-refractivity contribution in [3.63, 3.8) is 0 Å². The Hall–Kier alpha value is -1.32. The Morgan fingerprint density at radius 1 is 1.42 bits per heavy atom. The zero-order valence-electron chi connectivity index (χ0n) is 12.1. The average molecular weight is 262 g/mol. The van der Waals surface area contributed by atoms with Crippen LogP contribution < -0.4 is 10.2 Å². The van der Waals surface area contributed by atoms with E-state index in [4.69, 9.17) is 0 Å². The molecule has 0 aliphatic heterocycles. The lowest BCUT2D eigenvalue weighted by Crippen LogP contribution is -2.29. The van der Waals surface area contributed by atoms with E-state index in [9.17, 15) is 5.11 Å². The van der Waals surface area contributed by atoms with Crippen LogP contribution in [0.4, 0.5) is 5.69 Å². The molecule has 2 N–H and O–H groups in total. The summed E-state index contributed by atoms with van der Waals surface area (Å²) in [6.45, 7) is 10.7. The molecule has 106 valence electrons. The van der Waals surface area contributed by atoms with E-state index in [2.05, 4.69) is 48.8 Å². The number of hydrogen-bond donors (Lipinski definition) is 2. The van der Waals surface area contributed by atoms with E-state index in [0.717, 1.165) is 19.5 Å². The van der Waals surface area contributed by atoms with Crippen molar-refractivity contribution >= 4 is 5.69 Å². The van der Waals surface area contributed by atoms with E-state index in [1.54, 1.807) is 0 Å². The standard InChI is InChI=1S/C16H26N2O/c1-4-10-17-14(3)15-8-6-7-9-16(15)18(11-5-2)12-13-19/h5-9,14,17,19H,2,4,10-13H2,1,3H3. The van der Waals surface area contributed by atoms with Gasteiger partial charge < -0.3 is 15.3 Å². The Labute approximate surface area is 116 Å².